The van der Waals surface area contributed by atoms with Crippen LogP contribution in [0.25, 0.3) is 17.0 Å². The van der Waals surface area contributed by atoms with Crippen molar-refractivity contribution in [2.75, 3.05) is 0 Å². The number of aromatic nitrogens is 4. The van der Waals surface area contributed by atoms with E-state index in [9.17, 15) is 0 Å². The summed E-state index contributed by atoms with van der Waals surface area (Å²) in [5.41, 5.74) is 4.48. The van der Waals surface area contributed by atoms with Crippen LogP contribution in [0, 0.1) is 13.8 Å². The molecule has 0 aliphatic rings. The molecular formula is C11H10N4O. The molecule has 16 heavy (non-hydrogen) atoms. The Labute approximate surface area is 91.7 Å². The van der Waals surface area contributed by atoms with E-state index < -0.39 is 0 Å². The first kappa shape index (κ1) is 9.08. The lowest BCUT2D eigenvalue weighted by molar-refractivity contribution is 0.422. The van der Waals surface area contributed by atoms with Gasteiger partial charge in [-0.1, -0.05) is 5.16 Å². The molecule has 0 unspecified atom stereocenters. The van der Waals surface area contributed by atoms with Crippen LogP contribution in [0.5, 0.6) is 0 Å². The van der Waals surface area contributed by atoms with Crippen LogP contribution in [-0.4, -0.2) is 19.8 Å². The number of fused-ring (bicyclic) bond motifs is 1. The van der Waals surface area contributed by atoms with Crippen LogP contribution in [0.3, 0.4) is 0 Å². The summed E-state index contributed by atoms with van der Waals surface area (Å²) in [4.78, 5) is 4.52. The fourth-order valence-corrected chi connectivity index (χ4v) is 1.70. The van der Waals surface area contributed by atoms with Gasteiger partial charge in [0, 0.05) is 17.3 Å². The Kier molecular flexibility index (Phi) is 1.80. The molecule has 3 rings (SSSR count). The number of hydrogen-bond donors (Lipinski definition) is 0. The molecule has 3 heterocycles. The summed E-state index contributed by atoms with van der Waals surface area (Å²) < 4.78 is 6.64. The molecule has 0 saturated carbocycles. The van der Waals surface area contributed by atoms with Gasteiger partial charge in [0.15, 0.2) is 5.65 Å². The van der Waals surface area contributed by atoms with Crippen LogP contribution >= 0.6 is 0 Å². The van der Waals surface area contributed by atoms with Crippen molar-refractivity contribution in [2.45, 2.75) is 13.8 Å². The molecular weight excluding hydrogens is 204 g/mol. The largest absolute Gasteiger partial charge is 0.364 e. The Balaban J connectivity index is 2.32. The van der Waals surface area contributed by atoms with Crippen molar-refractivity contribution < 1.29 is 4.52 Å². The van der Waals surface area contributed by atoms with Gasteiger partial charge in [0.25, 0.3) is 0 Å². The van der Waals surface area contributed by atoms with E-state index in [4.69, 9.17) is 4.52 Å². The van der Waals surface area contributed by atoms with E-state index in [0.29, 0.717) is 0 Å². The van der Waals surface area contributed by atoms with Crippen molar-refractivity contribution in [3.05, 3.63) is 35.9 Å². The van der Waals surface area contributed by atoms with E-state index in [0.717, 1.165) is 28.3 Å². The highest BCUT2D eigenvalue weighted by molar-refractivity contribution is 5.59. The Morgan fingerprint density at radius 2 is 2.12 bits per heavy atom. The lowest BCUT2D eigenvalue weighted by Gasteiger charge is -2.02. The molecule has 0 amide bonds. The van der Waals surface area contributed by atoms with Gasteiger partial charge in [-0.25, -0.2) is 9.50 Å². The number of hydrogen-bond acceptors (Lipinski definition) is 4. The van der Waals surface area contributed by atoms with E-state index in [1.807, 2.05) is 30.6 Å². The summed E-state index contributed by atoms with van der Waals surface area (Å²) >= 11 is 0. The average molecular weight is 214 g/mol. The van der Waals surface area contributed by atoms with Crippen molar-refractivity contribution in [2.24, 2.45) is 0 Å². The van der Waals surface area contributed by atoms with Crippen LogP contribution in [0.1, 0.15) is 11.3 Å². The van der Waals surface area contributed by atoms with Gasteiger partial charge in [0.05, 0.1) is 11.9 Å². The van der Waals surface area contributed by atoms with Crippen molar-refractivity contribution in [3.8, 4) is 11.4 Å². The highest BCUT2D eigenvalue weighted by atomic mass is 16.5. The van der Waals surface area contributed by atoms with Gasteiger partial charge in [-0.05, 0) is 19.9 Å². The fourth-order valence-electron chi connectivity index (χ4n) is 1.70. The summed E-state index contributed by atoms with van der Waals surface area (Å²) in [5.74, 6) is 0. The predicted molar refractivity (Wildman–Crippen MR) is 58.0 cm³/mol. The molecule has 5 nitrogen and oxygen atoms in total. The van der Waals surface area contributed by atoms with E-state index >= 15 is 0 Å². The molecule has 5 heteroatoms. The molecule has 0 atom stereocenters. The smallest absolute Gasteiger partial charge is 0.158 e. The molecule has 0 bridgehead atoms. The van der Waals surface area contributed by atoms with Gasteiger partial charge in [-0.3, -0.25) is 0 Å². The van der Waals surface area contributed by atoms with Gasteiger partial charge < -0.3 is 4.52 Å². The second-order valence-corrected chi connectivity index (χ2v) is 3.73. The molecule has 0 spiro atoms. The minimum absolute atomic E-state index is 0.742. The van der Waals surface area contributed by atoms with E-state index in [1.165, 1.54) is 0 Å². The maximum atomic E-state index is 4.82. The van der Waals surface area contributed by atoms with Crippen molar-refractivity contribution >= 4 is 5.65 Å². The first-order chi connectivity index (χ1) is 7.75. The van der Waals surface area contributed by atoms with Crippen molar-refractivity contribution in [1.29, 1.82) is 0 Å². The summed E-state index contributed by atoms with van der Waals surface area (Å²) in [6.07, 6.45) is 3.35. The zero-order valence-corrected chi connectivity index (χ0v) is 9.01. The van der Waals surface area contributed by atoms with Gasteiger partial charge in [-0.2, -0.15) is 5.10 Å². The Morgan fingerprint density at radius 3 is 2.88 bits per heavy atom. The first-order valence-corrected chi connectivity index (χ1v) is 4.98. The van der Waals surface area contributed by atoms with Gasteiger partial charge in [0.1, 0.15) is 12.0 Å². The number of rotatable bonds is 1. The first-order valence-electron chi connectivity index (χ1n) is 4.98. The Hall–Kier alpha value is -2.17. The van der Waals surface area contributed by atoms with Crippen LogP contribution in [-0.2, 0) is 0 Å². The molecule has 0 aliphatic heterocycles. The second kappa shape index (κ2) is 3.16. The monoisotopic (exact) mass is 214 g/mol. The lowest BCUT2D eigenvalue weighted by Crippen LogP contribution is -1.97. The van der Waals surface area contributed by atoms with Crippen LogP contribution in [0.15, 0.2) is 29.1 Å². The molecule has 0 aromatic carbocycles. The summed E-state index contributed by atoms with van der Waals surface area (Å²) in [6.45, 7) is 3.98. The minimum atomic E-state index is 0.742. The molecule has 0 N–H and O–H groups in total. The zero-order chi connectivity index (χ0) is 11.1. The maximum absolute atomic E-state index is 4.82. The summed E-state index contributed by atoms with van der Waals surface area (Å²) in [5, 5.41) is 8.13. The van der Waals surface area contributed by atoms with Gasteiger partial charge in [-0.15, -0.1) is 0 Å². The predicted octanol–water partition coefficient (Wildman–Crippen LogP) is 2.00. The topological polar surface area (TPSA) is 56.2 Å². The average Bonchev–Trinajstić information content (AvgIpc) is 2.88. The molecule has 0 radical (unpaired) electrons. The summed E-state index contributed by atoms with van der Waals surface area (Å²) in [6, 6.07) is 3.74. The highest BCUT2D eigenvalue weighted by Crippen LogP contribution is 2.18. The molecule has 0 aliphatic carbocycles. The van der Waals surface area contributed by atoms with Crippen molar-refractivity contribution in [1.82, 2.24) is 19.8 Å². The molecule has 3 aromatic rings. The third-order valence-corrected chi connectivity index (χ3v) is 2.53. The highest BCUT2D eigenvalue weighted by Gasteiger charge is 2.09. The number of nitrogens with zero attached hydrogens (tertiary/aromatic N) is 4. The van der Waals surface area contributed by atoms with E-state index in [2.05, 4.69) is 15.2 Å². The Morgan fingerprint density at radius 1 is 1.25 bits per heavy atom. The quantitative estimate of drug-likeness (QED) is 0.621. The van der Waals surface area contributed by atoms with E-state index in [-0.39, 0.29) is 0 Å². The zero-order valence-electron chi connectivity index (χ0n) is 9.01. The van der Waals surface area contributed by atoms with Crippen molar-refractivity contribution in [3.63, 3.8) is 0 Å². The lowest BCUT2D eigenvalue weighted by atomic mass is 10.2. The summed E-state index contributed by atoms with van der Waals surface area (Å²) in [7, 11) is 0. The SMILES string of the molecule is Cc1cnn2c(C)cc(-c3ccon3)nc12. The third-order valence-electron chi connectivity index (χ3n) is 2.53. The Bertz CT molecular complexity index is 639. The van der Waals surface area contributed by atoms with E-state index in [1.54, 1.807) is 12.3 Å². The van der Waals surface area contributed by atoms with Crippen LogP contribution < -0.4 is 0 Å². The number of aryl methyl sites for hydroxylation is 2. The van der Waals surface area contributed by atoms with Crippen LogP contribution in [0.2, 0.25) is 0 Å². The van der Waals surface area contributed by atoms with Crippen LogP contribution in [0.4, 0.5) is 0 Å². The molecule has 80 valence electrons. The fraction of sp³-hybridized carbons (Fsp3) is 0.182. The minimum Gasteiger partial charge on any atom is -0.364 e. The van der Waals surface area contributed by atoms with Gasteiger partial charge in [0.2, 0.25) is 0 Å². The molecule has 0 fully saturated rings. The van der Waals surface area contributed by atoms with Gasteiger partial charge >= 0.3 is 0 Å². The molecule has 3 aromatic heterocycles. The normalized spacial score (nSPS) is 11.1. The maximum Gasteiger partial charge on any atom is 0.158 e. The molecule has 0 saturated heterocycles. The second-order valence-electron chi connectivity index (χ2n) is 3.73. The third kappa shape index (κ3) is 1.21. The standard InChI is InChI=1S/C11H10N4O/c1-7-6-12-15-8(2)5-10(13-11(7)15)9-3-4-16-14-9/h3-6H,1-2H3.